The number of amides is 1. The summed E-state index contributed by atoms with van der Waals surface area (Å²) in [6.07, 6.45) is 0. The number of sulfonamides is 1. The first kappa shape index (κ1) is 21.7. The first-order valence-electron chi connectivity index (χ1n) is 9.04. The molecule has 3 aromatic carbocycles. The molecule has 0 saturated carbocycles. The molecule has 1 amide bonds. The molecule has 156 valence electrons. The van der Waals surface area contributed by atoms with Crippen LogP contribution < -0.4 is 14.8 Å². The van der Waals surface area contributed by atoms with Gasteiger partial charge in [0.25, 0.3) is 15.9 Å². The molecule has 2 N–H and O–H groups in total. The van der Waals surface area contributed by atoms with Crippen LogP contribution in [0.2, 0.25) is 5.02 Å². The van der Waals surface area contributed by atoms with E-state index in [2.05, 4.69) is 10.0 Å². The minimum atomic E-state index is -3.87. The second-order valence-electron chi connectivity index (χ2n) is 6.76. The second kappa shape index (κ2) is 8.77. The van der Waals surface area contributed by atoms with Gasteiger partial charge < -0.3 is 10.1 Å². The lowest BCUT2D eigenvalue weighted by Crippen LogP contribution is -2.17. The number of aryl methyl sites for hydroxylation is 2. The Morgan fingerprint density at radius 2 is 1.60 bits per heavy atom. The van der Waals surface area contributed by atoms with Gasteiger partial charge in [-0.15, -0.1) is 0 Å². The Balaban J connectivity index is 1.85. The molecule has 0 aliphatic carbocycles. The Labute approximate surface area is 180 Å². The highest BCUT2D eigenvalue weighted by Gasteiger charge is 2.19. The average Bonchev–Trinajstić information content (AvgIpc) is 2.70. The molecule has 0 saturated heterocycles. The third kappa shape index (κ3) is 4.93. The van der Waals surface area contributed by atoms with Crippen LogP contribution in [0.5, 0.6) is 5.75 Å². The molecule has 30 heavy (non-hydrogen) atoms. The van der Waals surface area contributed by atoms with E-state index in [4.69, 9.17) is 16.3 Å². The molecular weight excluding hydrogens is 424 g/mol. The number of anilines is 2. The van der Waals surface area contributed by atoms with Gasteiger partial charge in [0.15, 0.2) is 0 Å². The Morgan fingerprint density at radius 3 is 2.23 bits per heavy atom. The van der Waals surface area contributed by atoms with Crippen molar-refractivity contribution in [3.05, 3.63) is 82.4 Å². The molecule has 0 fully saturated rings. The lowest BCUT2D eigenvalue weighted by Gasteiger charge is -2.13. The molecule has 3 aromatic rings. The first-order valence-corrected chi connectivity index (χ1v) is 10.9. The van der Waals surface area contributed by atoms with Gasteiger partial charge >= 0.3 is 0 Å². The first-order chi connectivity index (χ1) is 14.2. The van der Waals surface area contributed by atoms with Crippen LogP contribution in [0.15, 0.2) is 65.6 Å². The zero-order valence-electron chi connectivity index (χ0n) is 16.7. The monoisotopic (exact) mass is 444 g/mol. The zero-order valence-corrected chi connectivity index (χ0v) is 18.3. The molecular formula is C22H21ClN2O4S. The van der Waals surface area contributed by atoms with Crippen LogP contribution in [0.4, 0.5) is 11.4 Å². The molecule has 0 aliphatic rings. The van der Waals surface area contributed by atoms with Gasteiger partial charge in [-0.05, 0) is 61.9 Å². The molecule has 0 unspecified atom stereocenters. The summed E-state index contributed by atoms with van der Waals surface area (Å²) in [5.74, 6) is 0.0311. The normalized spacial score (nSPS) is 11.1. The third-order valence-corrected chi connectivity index (χ3v) is 6.27. The molecule has 0 aromatic heterocycles. The SMILES string of the molecule is COc1ccc(NC(=O)c2ccc(C)c(S(=O)(=O)Nc3ccc(C)cc3)c2)cc1Cl. The van der Waals surface area contributed by atoms with Gasteiger partial charge in [-0.3, -0.25) is 9.52 Å². The van der Waals surface area contributed by atoms with E-state index in [9.17, 15) is 13.2 Å². The predicted molar refractivity (Wildman–Crippen MR) is 119 cm³/mol. The van der Waals surface area contributed by atoms with Gasteiger partial charge in [0.1, 0.15) is 5.75 Å². The van der Waals surface area contributed by atoms with Crippen LogP contribution in [0.25, 0.3) is 0 Å². The fourth-order valence-electron chi connectivity index (χ4n) is 2.81. The summed E-state index contributed by atoms with van der Waals surface area (Å²) in [5.41, 5.74) is 2.66. The van der Waals surface area contributed by atoms with Crippen LogP contribution in [0.3, 0.4) is 0 Å². The highest BCUT2D eigenvalue weighted by atomic mass is 35.5. The van der Waals surface area contributed by atoms with Crippen LogP contribution in [0, 0.1) is 13.8 Å². The molecule has 0 spiro atoms. The van der Waals surface area contributed by atoms with E-state index in [0.717, 1.165) is 5.56 Å². The summed E-state index contributed by atoms with van der Waals surface area (Å²) >= 11 is 6.09. The maximum Gasteiger partial charge on any atom is 0.262 e. The van der Waals surface area contributed by atoms with E-state index in [-0.39, 0.29) is 10.5 Å². The van der Waals surface area contributed by atoms with Gasteiger partial charge in [0.2, 0.25) is 0 Å². The number of hydrogen-bond donors (Lipinski definition) is 2. The number of rotatable bonds is 6. The van der Waals surface area contributed by atoms with Crippen LogP contribution >= 0.6 is 11.6 Å². The third-order valence-electron chi connectivity index (χ3n) is 4.45. The van der Waals surface area contributed by atoms with Gasteiger partial charge in [-0.25, -0.2) is 8.42 Å². The van der Waals surface area contributed by atoms with Crippen molar-refractivity contribution < 1.29 is 17.9 Å². The molecule has 0 atom stereocenters. The van der Waals surface area contributed by atoms with Crippen molar-refractivity contribution in [3.63, 3.8) is 0 Å². The number of carbonyl (C=O) groups excluding carboxylic acids is 1. The van der Waals surface area contributed by atoms with Crippen molar-refractivity contribution in [2.75, 3.05) is 17.1 Å². The molecule has 8 heteroatoms. The molecule has 3 rings (SSSR count). The summed E-state index contributed by atoms with van der Waals surface area (Å²) in [4.78, 5) is 12.7. The maximum absolute atomic E-state index is 12.9. The smallest absolute Gasteiger partial charge is 0.262 e. The van der Waals surface area contributed by atoms with E-state index in [1.54, 1.807) is 49.4 Å². The number of nitrogens with one attached hydrogen (secondary N) is 2. The number of carbonyl (C=O) groups is 1. The second-order valence-corrected chi connectivity index (χ2v) is 8.81. The lowest BCUT2D eigenvalue weighted by atomic mass is 10.1. The van der Waals surface area contributed by atoms with Crippen molar-refractivity contribution in [2.45, 2.75) is 18.7 Å². The summed E-state index contributed by atoms with van der Waals surface area (Å²) in [5, 5.41) is 3.06. The minimum Gasteiger partial charge on any atom is -0.495 e. The molecule has 0 bridgehead atoms. The van der Waals surface area contributed by atoms with Crippen LogP contribution in [-0.4, -0.2) is 21.4 Å². The lowest BCUT2D eigenvalue weighted by molar-refractivity contribution is 0.102. The standard InChI is InChI=1S/C22H21ClN2O4S/c1-14-4-8-17(9-5-14)25-30(27,28)21-12-16(7-6-15(21)2)22(26)24-18-10-11-20(29-3)19(23)13-18/h4-13,25H,1-3H3,(H,24,26). The summed E-state index contributed by atoms with van der Waals surface area (Å²) in [7, 11) is -2.37. The predicted octanol–water partition coefficient (Wildman–Crippen LogP) is 5.02. The molecule has 0 aliphatic heterocycles. The van der Waals surface area contributed by atoms with Gasteiger partial charge in [-0.1, -0.05) is 35.4 Å². The maximum atomic E-state index is 12.9. The fraction of sp³-hybridized carbons (Fsp3) is 0.136. The van der Waals surface area contributed by atoms with Gasteiger partial charge in [0.05, 0.1) is 17.0 Å². The molecule has 0 heterocycles. The minimum absolute atomic E-state index is 0.0310. The zero-order chi connectivity index (χ0) is 21.9. The number of methoxy groups -OCH3 is 1. The van der Waals surface area contributed by atoms with E-state index < -0.39 is 15.9 Å². The van der Waals surface area contributed by atoms with Crippen molar-refractivity contribution in [1.29, 1.82) is 0 Å². The van der Waals surface area contributed by atoms with E-state index in [0.29, 0.717) is 27.7 Å². The largest absolute Gasteiger partial charge is 0.495 e. The van der Waals surface area contributed by atoms with Crippen LogP contribution in [0.1, 0.15) is 21.5 Å². The summed E-state index contributed by atoms with van der Waals surface area (Å²) < 4.78 is 33.4. The Kier molecular flexibility index (Phi) is 6.34. The van der Waals surface area contributed by atoms with E-state index in [1.165, 1.54) is 13.2 Å². The number of benzene rings is 3. The summed E-state index contributed by atoms with van der Waals surface area (Å²) in [6, 6.07) is 16.4. The Bertz CT molecular complexity index is 1190. The summed E-state index contributed by atoms with van der Waals surface area (Å²) in [6.45, 7) is 3.59. The van der Waals surface area contributed by atoms with Crippen molar-refractivity contribution in [3.8, 4) is 5.75 Å². The quantitative estimate of drug-likeness (QED) is 0.559. The van der Waals surface area contributed by atoms with Crippen molar-refractivity contribution >= 4 is 38.9 Å². The van der Waals surface area contributed by atoms with Gasteiger partial charge in [-0.2, -0.15) is 0 Å². The Hall–Kier alpha value is -3.03. The molecule has 0 radical (unpaired) electrons. The van der Waals surface area contributed by atoms with Crippen molar-refractivity contribution in [2.24, 2.45) is 0 Å². The fourth-order valence-corrected chi connectivity index (χ4v) is 4.40. The Morgan fingerprint density at radius 1 is 0.933 bits per heavy atom. The number of hydrogen-bond acceptors (Lipinski definition) is 4. The molecule has 6 nitrogen and oxygen atoms in total. The topological polar surface area (TPSA) is 84.5 Å². The highest BCUT2D eigenvalue weighted by Crippen LogP contribution is 2.28. The number of ether oxygens (including phenoxy) is 1. The highest BCUT2D eigenvalue weighted by molar-refractivity contribution is 7.92. The van der Waals surface area contributed by atoms with E-state index >= 15 is 0 Å². The van der Waals surface area contributed by atoms with Crippen molar-refractivity contribution in [1.82, 2.24) is 0 Å². The average molecular weight is 445 g/mol. The van der Waals surface area contributed by atoms with E-state index in [1.807, 2.05) is 19.1 Å². The number of halogens is 1. The van der Waals surface area contributed by atoms with Crippen LogP contribution in [-0.2, 0) is 10.0 Å². The van der Waals surface area contributed by atoms with Gasteiger partial charge in [0, 0.05) is 16.9 Å².